The van der Waals surface area contributed by atoms with Crippen LogP contribution in [-0.4, -0.2) is 130 Å². The summed E-state index contributed by atoms with van der Waals surface area (Å²) >= 11 is 2.02. The molecule has 57 heavy (non-hydrogen) atoms. The van der Waals surface area contributed by atoms with Crippen LogP contribution in [0, 0.1) is 0 Å². The predicted molar refractivity (Wildman–Crippen MR) is 207 cm³/mol. The molecule has 7 rings (SSSR count). The van der Waals surface area contributed by atoms with Gasteiger partial charge in [-0.15, -0.1) is 11.8 Å². The van der Waals surface area contributed by atoms with Gasteiger partial charge in [0.15, 0.2) is 5.13 Å². The molecule has 4 aliphatic rings. The van der Waals surface area contributed by atoms with Crippen molar-refractivity contribution in [3.8, 4) is 11.1 Å². The number of nitrogen functional groups attached to an aromatic ring is 1. The van der Waals surface area contributed by atoms with E-state index in [2.05, 4.69) is 34.8 Å². The number of rotatable bonds is 13. The number of aliphatic imine (C=N–C) groups is 1. The van der Waals surface area contributed by atoms with E-state index in [0.717, 1.165) is 33.8 Å². The van der Waals surface area contributed by atoms with Gasteiger partial charge in [-0.3, -0.25) is 19.5 Å². The Balaban J connectivity index is 1.06. The molecule has 3 atom stereocenters. The molecule has 3 aromatic rings. The molecule has 2 amide bonds. The molecule has 2 fully saturated rings. The molecule has 3 unspecified atom stereocenters. The number of nitrogens with zero attached hydrogens (tertiary/aromatic N) is 8. The molecule has 2 saturated heterocycles. The lowest BCUT2D eigenvalue weighted by Gasteiger charge is -2.49. The number of alkyl halides is 1. The second-order valence-corrected chi connectivity index (χ2v) is 14.6. The normalized spacial score (nSPS) is 20.3. The summed E-state index contributed by atoms with van der Waals surface area (Å²) in [5.74, 6) is -2.24. The molecule has 0 saturated carbocycles. The first-order valence-corrected chi connectivity index (χ1v) is 19.6. The minimum atomic E-state index is -1.43. The number of aromatic nitrogens is 2. The molecule has 2 aromatic carbocycles. The number of ether oxygens (including phenoxy) is 3. The Morgan fingerprint density at radius 2 is 1.82 bits per heavy atom. The zero-order valence-electron chi connectivity index (χ0n) is 30.9. The lowest BCUT2D eigenvalue weighted by molar-refractivity contribution is -0.169. The summed E-state index contributed by atoms with van der Waals surface area (Å²) in [6.07, 6.45) is -1.03. The molecule has 298 valence electrons. The Hall–Kier alpha value is -6.09. The van der Waals surface area contributed by atoms with Crippen LogP contribution < -0.4 is 11.1 Å². The summed E-state index contributed by atoms with van der Waals surface area (Å²) in [6.45, 7) is 3.93. The first kappa shape index (κ1) is 39.2. The molecule has 18 nitrogen and oxygen atoms in total. The van der Waals surface area contributed by atoms with Crippen molar-refractivity contribution in [2.75, 3.05) is 51.6 Å². The van der Waals surface area contributed by atoms with Crippen LogP contribution in [-0.2, 0) is 33.4 Å². The van der Waals surface area contributed by atoms with Crippen molar-refractivity contribution in [1.29, 1.82) is 0 Å². The smallest absolute Gasteiger partial charge is 0.433 e. The number of β-lactam (4-membered cyclic amide) rings is 1. The molecule has 3 aliphatic heterocycles. The van der Waals surface area contributed by atoms with E-state index >= 15 is 0 Å². The fraction of sp³-hybridized carbons (Fsp3) is 0.361. The number of hydrazone groups is 1. The summed E-state index contributed by atoms with van der Waals surface area (Å²) in [4.78, 5) is 69.8. The standard InChI is InChI=1S/C36H37FN10O8S2/c1-4-45-13-14-46(35(45)39-3)40-15-20-17-56-32-27(41-30(48)26(43-53-18-37)29-42-34(38)57-44-29)31(49)47(32)28(20)33(50)54-19(2)55-36(51)52-16-25-23-11-7-5-9-21(23)22-10-6-8-12-24(22)25/h5-12,15,19,25,27,32H,4,13-14,16-18H2,1-3H3,(H,41,48)(H2,38,42,44)/b39-35?,40-15+,43-26-. The number of guanidine groups is 1. The highest BCUT2D eigenvalue weighted by atomic mass is 32.2. The van der Waals surface area contributed by atoms with Crippen molar-refractivity contribution in [1.82, 2.24) is 29.5 Å². The topological polar surface area (TPSA) is 216 Å². The number of hydrogen-bond acceptors (Lipinski definition) is 16. The molecule has 21 heteroatoms. The average Bonchev–Trinajstić information content (AvgIpc) is 3.92. The zero-order chi connectivity index (χ0) is 40.2. The summed E-state index contributed by atoms with van der Waals surface area (Å²) in [5, 5.41) is 11.5. The number of nitrogens with one attached hydrogen (secondary N) is 1. The van der Waals surface area contributed by atoms with Crippen LogP contribution in [0.1, 0.15) is 36.7 Å². The Morgan fingerprint density at radius 3 is 2.47 bits per heavy atom. The summed E-state index contributed by atoms with van der Waals surface area (Å²) in [6, 6.07) is 14.6. The molecular formula is C36H37FN10O8S2. The number of benzene rings is 2. The van der Waals surface area contributed by atoms with Crippen LogP contribution in [0.15, 0.2) is 75.1 Å². The van der Waals surface area contributed by atoms with Gasteiger partial charge in [-0.05, 0) is 29.2 Å². The number of esters is 1. The Labute approximate surface area is 333 Å². The molecule has 0 radical (unpaired) electrons. The Morgan fingerprint density at radius 1 is 1.11 bits per heavy atom. The quantitative estimate of drug-likeness (QED) is 0.0834. The molecule has 1 aromatic heterocycles. The van der Waals surface area contributed by atoms with Gasteiger partial charge in [-0.1, -0.05) is 53.7 Å². The van der Waals surface area contributed by atoms with Crippen molar-refractivity contribution < 1.29 is 42.6 Å². The lowest BCUT2D eigenvalue weighted by atomic mass is 9.98. The molecule has 3 N–H and O–H groups in total. The summed E-state index contributed by atoms with van der Waals surface area (Å²) in [5.41, 5.74) is 9.46. The zero-order valence-corrected chi connectivity index (χ0v) is 32.5. The van der Waals surface area contributed by atoms with E-state index in [0.29, 0.717) is 31.2 Å². The minimum absolute atomic E-state index is 0.0131. The van der Waals surface area contributed by atoms with E-state index in [9.17, 15) is 23.6 Å². The van der Waals surface area contributed by atoms with Gasteiger partial charge in [-0.25, -0.2) is 19.0 Å². The average molecular weight is 821 g/mol. The first-order valence-electron chi connectivity index (χ1n) is 17.7. The fourth-order valence-electron chi connectivity index (χ4n) is 6.92. The SMILES string of the molecule is CCN1CCN(/N=C/C2=C(C(=O)OC(C)OC(=O)OCC3c4ccccc4-c4ccccc43)N3C(=O)C(NC(=O)/C(=N\OCF)c4nsc(N)n4)C3SC2)C1=NC. The maximum absolute atomic E-state index is 13.9. The van der Waals surface area contributed by atoms with Crippen LogP contribution in [0.5, 0.6) is 0 Å². The third-order valence-electron chi connectivity index (χ3n) is 9.45. The predicted octanol–water partition coefficient (Wildman–Crippen LogP) is 2.89. The van der Waals surface area contributed by atoms with Crippen LogP contribution in [0.2, 0.25) is 0 Å². The van der Waals surface area contributed by atoms with Gasteiger partial charge in [0.05, 0.1) is 12.8 Å². The Bertz CT molecular complexity index is 2150. The van der Waals surface area contributed by atoms with Gasteiger partial charge >= 0.3 is 12.1 Å². The second-order valence-electron chi connectivity index (χ2n) is 12.7. The molecule has 0 bridgehead atoms. The summed E-state index contributed by atoms with van der Waals surface area (Å²) < 4.78 is 33.2. The maximum Gasteiger partial charge on any atom is 0.511 e. The number of carbonyl (C=O) groups excluding carboxylic acids is 4. The number of halogens is 1. The third kappa shape index (κ3) is 7.84. The number of hydrogen-bond donors (Lipinski definition) is 2. The number of likely N-dealkylation sites (N-methyl/N-ethyl adjacent to an activating group) is 1. The van der Waals surface area contributed by atoms with Gasteiger partial charge in [0.1, 0.15) is 23.7 Å². The monoisotopic (exact) mass is 820 g/mol. The first-order chi connectivity index (χ1) is 27.6. The van der Waals surface area contributed by atoms with Gasteiger partial charge in [0, 0.05) is 55.8 Å². The highest BCUT2D eigenvalue weighted by Gasteiger charge is 2.55. The van der Waals surface area contributed by atoms with E-state index in [-0.39, 0.29) is 34.9 Å². The van der Waals surface area contributed by atoms with Gasteiger partial charge in [0.2, 0.25) is 23.8 Å². The lowest BCUT2D eigenvalue weighted by Crippen LogP contribution is -2.71. The van der Waals surface area contributed by atoms with Crippen molar-refractivity contribution in [2.24, 2.45) is 15.2 Å². The van der Waals surface area contributed by atoms with Crippen LogP contribution >= 0.6 is 23.3 Å². The highest BCUT2D eigenvalue weighted by Crippen LogP contribution is 2.45. The van der Waals surface area contributed by atoms with Crippen molar-refractivity contribution in [3.63, 3.8) is 0 Å². The number of thioether (sulfide) groups is 1. The van der Waals surface area contributed by atoms with E-state index in [4.69, 9.17) is 19.9 Å². The van der Waals surface area contributed by atoms with Crippen LogP contribution in [0.4, 0.5) is 14.3 Å². The van der Waals surface area contributed by atoms with Gasteiger partial charge in [-0.2, -0.15) is 14.5 Å². The van der Waals surface area contributed by atoms with Crippen molar-refractivity contribution in [3.05, 3.63) is 76.8 Å². The maximum atomic E-state index is 13.9. The summed E-state index contributed by atoms with van der Waals surface area (Å²) in [7, 11) is 1.65. The Kier molecular flexibility index (Phi) is 11.6. The number of carbonyl (C=O) groups is 4. The number of oxime groups is 1. The number of nitrogens with two attached hydrogens (primary N) is 1. The number of amides is 2. The van der Waals surface area contributed by atoms with Crippen molar-refractivity contribution in [2.45, 2.75) is 37.5 Å². The molecular weight excluding hydrogens is 784 g/mol. The third-order valence-corrected chi connectivity index (χ3v) is 11.3. The minimum Gasteiger partial charge on any atom is -0.433 e. The number of anilines is 1. The molecule has 1 aliphatic carbocycles. The van der Waals surface area contributed by atoms with Crippen LogP contribution in [0.25, 0.3) is 11.1 Å². The number of fused-ring (bicyclic) bond motifs is 4. The van der Waals surface area contributed by atoms with E-state index in [1.54, 1.807) is 12.1 Å². The molecule has 0 spiro atoms. The van der Waals surface area contributed by atoms with E-state index in [1.807, 2.05) is 60.4 Å². The van der Waals surface area contributed by atoms with Gasteiger partial charge in [0.25, 0.3) is 18.7 Å². The van der Waals surface area contributed by atoms with E-state index < -0.39 is 54.2 Å². The largest absolute Gasteiger partial charge is 0.511 e. The second kappa shape index (κ2) is 17.0. The van der Waals surface area contributed by atoms with Crippen LogP contribution in [0.3, 0.4) is 0 Å². The fourth-order valence-corrected chi connectivity index (χ4v) is 8.65. The van der Waals surface area contributed by atoms with E-state index in [1.165, 1.54) is 29.8 Å². The molecule has 4 heterocycles. The van der Waals surface area contributed by atoms with Crippen molar-refractivity contribution >= 4 is 70.3 Å². The highest BCUT2D eigenvalue weighted by molar-refractivity contribution is 8.00. The van der Waals surface area contributed by atoms with Gasteiger partial charge < -0.3 is 35.0 Å².